The van der Waals surface area contributed by atoms with Gasteiger partial charge in [-0.05, 0) is 36.4 Å². The summed E-state index contributed by atoms with van der Waals surface area (Å²) in [4.78, 5) is 35.6. The Morgan fingerprint density at radius 3 is 2.42 bits per heavy atom. The first-order chi connectivity index (χ1) is 12.3. The second kappa shape index (κ2) is 6.60. The summed E-state index contributed by atoms with van der Waals surface area (Å²) in [6.45, 7) is 0. The second-order valence-electron chi connectivity index (χ2n) is 5.49. The van der Waals surface area contributed by atoms with Gasteiger partial charge in [-0.3, -0.25) is 19.7 Å². The minimum atomic E-state index is -3.88. The SMILES string of the molecule is COc1ccc(S(=O)(=O)CC(=O)Nc2cccc3c2C(=O)NC3=O)cc1. The number of hydrogen-bond donors (Lipinski definition) is 2. The highest BCUT2D eigenvalue weighted by Gasteiger charge is 2.30. The number of sulfone groups is 1. The molecule has 3 amide bonds. The Hall–Kier alpha value is -3.20. The number of fused-ring (bicyclic) bond motifs is 1. The van der Waals surface area contributed by atoms with E-state index in [1.54, 1.807) is 0 Å². The number of carbonyl (C=O) groups excluding carboxylic acids is 3. The monoisotopic (exact) mass is 374 g/mol. The molecule has 0 aliphatic carbocycles. The maximum Gasteiger partial charge on any atom is 0.261 e. The predicted octanol–water partition coefficient (Wildman–Crippen LogP) is 0.991. The van der Waals surface area contributed by atoms with Gasteiger partial charge in [0.2, 0.25) is 5.91 Å². The molecule has 2 aromatic carbocycles. The Bertz CT molecular complexity index is 1010. The number of amides is 3. The summed E-state index contributed by atoms with van der Waals surface area (Å²) < 4.78 is 29.7. The van der Waals surface area contributed by atoms with Gasteiger partial charge in [0.05, 0.1) is 28.8 Å². The van der Waals surface area contributed by atoms with E-state index in [1.165, 1.54) is 49.6 Å². The molecule has 0 saturated carbocycles. The van der Waals surface area contributed by atoms with Crippen molar-refractivity contribution in [2.75, 3.05) is 18.2 Å². The molecule has 0 fully saturated rings. The average molecular weight is 374 g/mol. The summed E-state index contributed by atoms with van der Waals surface area (Å²) in [6.07, 6.45) is 0. The van der Waals surface area contributed by atoms with Crippen molar-refractivity contribution in [2.24, 2.45) is 0 Å². The zero-order chi connectivity index (χ0) is 18.9. The van der Waals surface area contributed by atoms with Crippen LogP contribution in [0, 0.1) is 0 Å². The van der Waals surface area contributed by atoms with Crippen molar-refractivity contribution in [3.8, 4) is 5.75 Å². The van der Waals surface area contributed by atoms with E-state index in [-0.39, 0.29) is 21.7 Å². The lowest BCUT2D eigenvalue weighted by molar-refractivity contribution is -0.113. The second-order valence-corrected chi connectivity index (χ2v) is 7.48. The number of benzene rings is 2. The van der Waals surface area contributed by atoms with Crippen molar-refractivity contribution in [1.82, 2.24) is 5.32 Å². The van der Waals surface area contributed by atoms with Crippen LogP contribution in [-0.4, -0.2) is 39.0 Å². The molecule has 26 heavy (non-hydrogen) atoms. The fourth-order valence-electron chi connectivity index (χ4n) is 2.55. The van der Waals surface area contributed by atoms with Crippen molar-refractivity contribution >= 4 is 33.2 Å². The molecular formula is C17H14N2O6S. The van der Waals surface area contributed by atoms with Gasteiger partial charge in [-0.2, -0.15) is 0 Å². The summed E-state index contributed by atoms with van der Waals surface area (Å²) >= 11 is 0. The fraction of sp³-hybridized carbons (Fsp3) is 0.118. The third-order valence-electron chi connectivity index (χ3n) is 3.78. The number of ether oxygens (including phenoxy) is 1. The van der Waals surface area contributed by atoms with Gasteiger partial charge >= 0.3 is 0 Å². The van der Waals surface area contributed by atoms with Crippen molar-refractivity contribution in [1.29, 1.82) is 0 Å². The van der Waals surface area contributed by atoms with Gasteiger partial charge in [0.25, 0.3) is 11.8 Å². The molecule has 1 aliphatic rings. The van der Waals surface area contributed by atoms with Crippen LogP contribution in [0.1, 0.15) is 20.7 Å². The van der Waals surface area contributed by atoms with Crippen LogP contribution in [0.5, 0.6) is 5.75 Å². The number of methoxy groups -OCH3 is 1. The van der Waals surface area contributed by atoms with Crippen LogP contribution in [-0.2, 0) is 14.6 Å². The number of anilines is 1. The van der Waals surface area contributed by atoms with Gasteiger partial charge in [-0.25, -0.2) is 8.42 Å². The highest BCUT2D eigenvalue weighted by atomic mass is 32.2. The van der Waals surface area contributed by atoms with Crippen molar-refractivity contribution in [3.05, 3.63) is 53.6 Å². The van der Waals surface area contributed by atoms with Crippen LogP contribution < -0.4 is 15.4 Å². The first-order valence-corrected chi connectivity index (χ1v) is 9.12. The van der Waals surface area contributed by atoms with Gasteiger partial charge in [0.15, 0.2) is 9.84 Å². The van der Waals surface area contributed by atoms with Crippen LogP contribution in [0.3, 0.4) is 0 Å². The van der Waals surface area contributed by atoms with Gasteiger partial charge in [0.1, 0.15) is 11.5 Å². The maximum atomic E-state index is 12.3. The molecule has 1 aliphatic heterocycles. The summed E-state index contributed by atoms with van der Waals surface area (Å²) in [5.41, 5.74) is 0.235. The Labute approximate surface area is 149 Å². The van der Waals surface area contributed by atoms with Crippen molar-refractivity contribution in [2.45, 2.75) is 4.90 Å². The Morgan fingerprint density at radius 2 is 1.77 bits per heavy atom. The number of rotatable bonds is 5. The lowest BCUT2D eigenvalue weighted by Crippen LogP contribution is -2.24. The summed E-state index contributed by atoms with van der Waals surface area (Å²) in [6, 6.07) is 10.00. The largest absolute Gasteiger partial charge is 0.497 e. The van der Waals surface area contributed by atoms with E-state index in [2.05, 4.69) is 10.6 Å². The Balaban J connectivity index is 1.79. The lowest BCUT2D eigenvalue weighted by Gasteiger charge is -2.09. The van der Waals surface area contributed by atoms with E-state index < -0.39 is 33.3 Å². The molecule has 1 heterocycles. The zero-order valence-electron chi connectivity index (χ0n) is 13.6. The predicted molar refractivity (Wildman–Crippen MR) is 91.9 cm³/mol. The summed E-state index contributed by atoms with van der Waals surface area (Å²) in [5, 5.41) is 4.51. The number of nitrogens with one attached hydrogen (secondary N) is 2. The molecule has 0 atom stereocenters. The van der Waals surface area contributed by atoms with E-state index >= 15 is 0 Å². The Kier molecular flexibility index (Phi) is 4.47. The zero-order valence-corrected chi connectivity index (χ0v) is 14.4. The fourth-order valence-corrected chi connectivity index (χ4v) is 3.68. The molecule has 0 aromatic heterocycles. The first kappa shape index (κ1) is 17.6. The third kappa shape index (κ3) is 3.29. The minimum Gasteiger partial charge on any atom is -0.497 e. The number of imide groups is 1. The summed E-state index contributed by atoms with van der Waals surface area (Å²) in [5.74, 6) is -2.34. The summed E-state index contributed by atoms with van der Waals surface area (Å²) in [7, 11) is -2.42. The van der Waals surface area contributed by atoms with Gasteiger partial charge in [-0.1, -0.05) is 6.07 Å². The number of hydrogen-bond acceptors (Lipinski definition) is 6. The van der Waals surface area contributed by atoms with Gasteiger partial charge in [-0.15, -0.1) is 0 Å². The van der Waals surface area contributed by atoms with Crippen LogP contribution in [0.25, 0.3) is 0 Å². The van der Waals surface area contributed by atoms with E-state index in [0.29, 0.717) is 5.75 Å². The first-order valence-electron chi connectivity index (χ1n) is 7.47. The molecule has 2 N–H and O–H groups in total. The van der Waals surface area contributed by atoms with Gasteiger partial charge in [0, 0.05) is 0 Å². The molecule has 8 nitrogen and oxygen atoms in total. The van der Waals surface area contributed by atoms with E-state index in [4.69, 9.17) is 4.74 Å². The molecule has 9 heteroatoms. The van der Waals surface area contributed by atoms with E-state index in [0.717, 1.165) is 0 Å². The topological polar surface area (TPSA) is 119 Å². The van der Waals surface area contributed by atoms with Crippen LogP contribution in [0.4, 0.5) is 5.69 Å². The highest BCUT2D eigenvalue weighted by molar-refractivity contribution is 7.92. The number of carbonyl (C=O) groups is 3. The lowest BCUT2D eigenvalue weighted by atomic mass is 10.1. The normalized spacial score (nSPS) is 13.1. The van der Waals surface area contributed by atoms with Crippen LogP contribution >= 0.6 is 0 Å². The molecular weight excluding hydrogens is 360 g/mol. The van der Waals surface area contributed by atoms with Crippen LogP contribution in [0.15, 0.2) is 47.4 Å². The van der Waals surface area contributed by atoms with E-state index in [1.807, 2.05) is 0 Å². The molecule has 0 saturated heterocycles. The molecule has 134 valence electrons. The Morgan fingerprint density at radius 1 is 1.08 bits per heavy atom. The maximum absolute atomic E-state index is 12.3. The smallest absolute Gasteiger partial charge is 0.261 e. The standard InChI is InChI=1S/C17H14N2O6S/c1-25-10-5-7-11(8-6-10)26(23,24)9-14(20)18-13-4-2-3-12-15(13)17(22)19-16(12)21/h2-8H,9H2,1H3,(H,18,20)(H,19,21,22). The average Bonchev–Trinajstić information content (AvgIpc) is 2.89. The van der Waals surface area contributed by atoms with Crippen molar-refractivity contribution < 1.29 is 27.5 Å². The minimum absolute atomic E-state index is 0.0210. The highest BCUT2D eigenvalue weighted by Crippen LogP contribution is 2.24. The molecule has 0 bridgehead atoms. The molecule has 3 rings (SSSR count). The molecule has 0 unspecified atom stereocenters. The quantitative estimate of drug-likeness (QED) is 0.754. The van der Waals surface area contributed by atoms with Crippen molar-refractivity contribution in [3.63, 3.8) is 0 Å². The van der Waals surface area contributed by atoms with Crippen LogP contribution in [0.2, 0.25) is 0 Å². The van der Waals surface area contributed by atoms with Gasteiger partial charge < -0.3 is 10.1 Å². The van der Waals surface area contributed by atoms with E-state index in [9.17, 15) is 22.8 Å². The molecule has 0 radical (unpaired) electrons. The molecule has 0 spiro atoms. The molecule has 2 aromatic rings. The third-order valence-corrected chi connectivity index (χ3v) is 5.41.